The first-order valence-corrected chi connectivity index (χ1v) is 7.51. The van der Waals surface area contributed by atoms with Crippen LogP contribution < -0.4 is 15.4 Å². The second kappa shape index (κ2) is 5.80. The molecule has 0 heterocycles. The van der Waals surface area contributed by atoms with E-state index in [1.807, 2.05) is 0 Å². The molecule has 0 atom stereocenters. The van der Waals surface area contributed by atoms with E-state index in [9.17, 15) is 0 Å². The molecule has 0 aromatic heterocycles. The minimum Gasteiger partial charge on any atom is -0.329 e. The summed E-state index contributed by atoms with van der Waals surface area (Å²) >= 11 is 0. The average molecular weight is 240 g/mol. The van der Waals surface area contributed by atoms with Gasteiger partial charge in [0.15, 0.2) is 0 Å². The van der Waals surface area contributed by atoms with Gasteiger partial charge in [-0.1, -0.05) is 74.5 Å². The molecule has 0 aliphatic rings. The van der Waals surface area contributed by atoms with Crippen LogP contribution in [0.5, 0.6) is 0 Å². The van der Waals surface area contributed by atoms with Gasteiger partial charge >= 0.3 is 0 Å². The molecule has 0 aliphatic heterocycles. The van der Waals surface area contributed by atoms with Gasteiger partial charge in [0.2, 0.25) is 8.96 Å². The van der Waals surface area contributed by atoms with E-state index in [0.717, 1.165) is 0 Å². The fourth-order valence-electron chi connectivity index (χ4n) is 1.83. The monoisotopic (exact) mass is 240 g/mol. The standard InChI is InChI=1S/C15H18NSi/c1-13(2)16-17(14-9-5-3-6-10-14)15-11-7-4-8-12-15/h3-13,16H,1-2H3. The lowest BCUT2D eigenvalue weighted by molar-refractivity contribution is 0.751. The highest BCUT2D eigenvalue weighted by Crippen LogP contribution is 1.92. The largest absolute Gasteiger partial charge is 0.329 e. The predicted molar refractivity (Wildman–Crippen MR) is 76.2 cm³/mol. The Morgan fingerprint density at radius 2 is 1.18 bits per heavy atom. The normalized spacial score (nSPS) is 11.1. The zero-order valence-corrected chi connectivity index (χ0v) is 11.4. The second-order valence-corrected chi connectivity index (χ2v) is 6.60. The first kappa shape index (κ1) is 12.1. The Morgan fingerprint density at radius 1 is 0.765 bits per heavy atom. The van der Waals surface area contributed by atoms with Crippen molar-refractivity contribution in [1.82, 2.24) is 4.98 Å². The third-order valence-corrected chi connectivity index (χ3v) is 5.25. The van der Waals surface area contributed by atoms with E-state index >= 15 is 0 Å². The van der Waals surface area contributed by atoms with Gasteiger partial charge in [-0.2, -0.15) is 0 Å². The lowest BCUT2D eigenvalue weighted by Crippen LogP contribution is -2.56. The molecule has 2 aromatic carbocycles. The highest BCUT2D eigenvalue weighted by molar-refractivity contribution is 6.83. The van der Waals surface area contributed by atoms with Crippen LogP contribution in [0.25, 0.3) is 0 Å². The van der Waals surface area contributed by atoms with Crippen LogP contribution >= 0.6 is 0 Å². The molecular weight excluding hydrogens is 222 g/mol. The summed E-state index contributed by atoms with van der Waals surface area (Å²) in [6, 6.07) is 22.0. The van der Waals surface area contributed by atoms with Gasteiger partial charge in [0.1, 0.15) is 0 Å². The Hall–Kier alpha value is -1.38. The maximum atomic E-state index is 3.71. The Bertz CT molecular complexity index is 399. The van der Waals surface area contributed by atoms with Crippen LogP contribution in [0, 0.1) is 0 Å². The summed E-state index contributed by atoms with van der Waals surface area (Å²) in [7, 11) is -0.849. The fraction of sp³-hybridized carbons (Fsp3) is 0.200. The van der Waals surface area contributed by atoms with Gasteiger partial charge in [0.05, 0.1) is 0 Å². The number of rotatable bonds is 4. The van der Waals surface area contributed by atoms with Crippen molar-refractivity contribution in [2.75, 3.05) is 0 Å². The Morgan fingerprint density at radius 3 is 1.53 bits per heavy atom. The van der Waals surface area contributed by atoms with Crippen LogP contribution in [0.1, 0.15) is 13.8 Å². The molecule has 0 amide bonds. The first-order chi connectivity index (χ1) is 8.27. The van der Waals surface area contributed by atoms with Crippen molar-refractivity contribution in [3.05, 3.63) is 60.7 Å². The van der Waals surface area contributed by atoms with Crippen molar-refractivity contribution in [2.24, 2.45) is 0 Å². The maximum Gasteiger partial charge on any atom is 0.206 e. The number of hydrogen-bond acceptors (Lipinski definition) is 1. The summed E-state index contributed by atoms with van der Waals surface area (Å²) in [6.07, 6.45) is 0. The number of hydrogen-bond donors (Lipinski definition) is 1. The minimum absolute atomic E-state index is 0.504. The highest BCUT2D eigenvalue weighted by atomic mass is 28.3. The van der Waals surface area contributed by atoms with Crippen LogP contribution in [-0.4, -0.2) is 15.0 Å². The van der Waals surface area contributed by atoms with Gasteiger partial charge in [0, 0.05) is 0 Å². The predicted octanol–water partition coefficient (Wildman–Crippen LogP) is 1.79. The molecule has 0 spiro atoms. The summed E-state index contributed by atoms with van der Waals surface area (Å²) in [6.45, 7) is 4.41. The molecule has 1 nitrogen and oxygen atoms in total. The molecule has 0 fully saturated rings. The number of nitrogens with one attached hydrogen (secondary N) is 1. The third-order valence-electron chi connectivity index (χ3n) is 2.56. The van der Waals surface area contributed by atoms with E-state index in [0.29, 0.717) is 6.04 Å². The molecule has 0 saturated carbocycles. The van der Waals surface area contributed by atoms with Crippen LogP contribution in [0.15, 0.2) is 60.7 Å². The van der Waals surface area contributed by atoms with Crippen LogP contribution in [0.3, 0.4) is 0 Å². The molecule has 0 unspecified atom stereocenters. The Balaban J connectivity index is 2.32. The minimum atomic E-state index is -0.849. The Kier molecular flexibility index (Phi) is 4.12. The van der Waals surface area contributed by atoms with Gasteiger partial charge in [-0.3, -0.25) is 0 Å². The molecule has 87 valence electrons. The lowest BCUT2D eigenvalue weighted by atomic mass is 10.4. The molecule has 2 aromatic rings. The summed E-state index contributed by atoms with van der Waals surface area (Å²) < 4.78 is 0. The van der Waals surface area contributed by atoms with Crippen molar-refractivity contribution >= 4 is 19.3 Å². The SMILES string of the molecule is CC(C)N[Si](c1ccccc1)c1ccccc1. The average Bonchev–Trinajstić information content (AvgIpc) is 2.38. The lowest BCUT2D eigenvalue weighted by Gasteiger charge is -2.19. The van der Waals surface area contributed by atoms with Crippen LogP contribution in [0.4, 0.5) is 0 Å². The van der Waals surface area contributed by atoms with Gasteiger partial charge < -0.3 is 4.98 Å². The van der Waals surface area contributed by atoms with Crippen molar-refractivity contribution in [3.63, 3.8) is 0 Å². The second-order valence-electron chi connectivity index (χ2n) is 4.41. The van der Waals surface area contributed by atoms with Crippen LogP contribution in [-0.2, 0) is 0 Å². The molecule has 1 N–H and O–H groups in total. The molecule has 2 rings (SSSR count). The Labute approximate surface area is 105 Å². The van der Waals surface area contributed by atoms with E-state index in [-0.39, 0.29) is 0 Å². The van der Waals surface area contributed by atoms with E-state index in [2.05, 4.69) is 79.5 Å². The molecular formula is C15H18NSi. The third kappa shape index (κ3) is 3.28. The first-order valence-electron chi connectivity index (χ1n) is 6.01. The van der Waals surface area contributed by atoms with E-state index in [4.69, 9.17) is 0 Å². The zero-order valence-electron chi connectivity index (χ0n) is 10.4. The van der Waals surface area contributed by atoms with E-state index in [1.54, 1.807) is 0 Å². The van der Waals surface area contributed by atoms with Crippen LogP contribution in [0.2, 0.25) is 0 Å². The van der Waals surface area contributed by atoms with Crippen molar-refractivity contribution in [3.8, 4) is 0 Å². The molecule has 17 heavy (non-hydrogen) atoms. The summed E-state index contributed by atoms with van der Waals surface area (Å²) in [4.78, 5) is 3.71. The number of benzene rings is 2. The molecule has 1 radical (unpaired) electrons. The van der Waals surface area contributed by atoms with Crippen molar-refractivity contribution < 1.29 is 0 Å². The van der Waals surface area contributed by atoms with Gasteiger partial charge in [-0.05, 0) is 16.4 Å². The molecule has 0 bridgehead atoms. The molecule has 2 heteroatoms. The van der Waals surface area contributed by atoms with Crippen molar-refractivity contribution in [2.45, 2.75) is 19.9 Å². The van der Waals surface area contributed by atoms with E-state index in [1.165, 1.54) is 10.4 Å². The summed E-state index contributed by atoms with van der Waals surface area (Å²) in [5, 5.41) is 2.83. The quantitative estimate of drug-likeness (QED) is 0.804. The smallest absolute Gasteiger partial charge is 0.206 e. The highest BCUT2D eigenvalue weighted by Gasteiger charge is 2.17. The maximum absolute atomic E-state index is 3.71. The topological polar surface area (TPSA) is 12.0 Å². The van der Waals surface area contributed by atoms with Gasteiger partial charge in [-0.25, -0.2) is 0 Å². The van der Waals surface area contributed by atoms with Gasteiger partial charge in [0.25, 0.3) is 0 Å². The molecule has 0 saturated heterocycles. The fourth-order valence-corrected chi connectivity index (χ4v) is 4.13. The van der Waals surface area contributed by atoms with Gasteiger partial charge in [-0.15, -0.1) is 0 Å². The van der Waals surface area contributed by atoms with E-state index < -0.39 is 8.96 Å². The van der Waals surface area contributed by atoms with Crippen molar-refractivity contribution in [1.29, 1.82) is 0 Å². The zero-order chi connectivity index (χ0) is 12.1. The summed E-state index contributed by atoms with van der Waals surface area (Å²) in [5.74, 6) is 0. The molecule has 0 aliphatic carbocycles. The summed E-state index contributed by atoms with van der Waals surface area (Å²) in [5.41, 5.74) is 0.